The SMILES string of the molecule is CCOCCn1c(=NC(=O)C=Cc2cccs2)sc2cc(C)ccc21. The Morgan fingerprint density at radius 1 is 1.36 bits per heavy atom. The molecule has 2 heterocycles. The fourth-order valence-corrected chi connectivity index (χ4v) is 4.23. The van der Waals surface area contributed by atoms with Crippen molar-refractivity contribution < 1.29 is 9.53 Å². The van der Waals surface area contributed by atoms with Gasteiger partial charge in [0.25, 0.3) is 5.91 Å². The number of aromatic nitrogens is 1. The summed E-state index contributed by atoms with van der Waals surface area (Å²) in [7, 11) is 0. The second-order valence-electron chi connectivity index (χ2n) is 5.50. The number of aryl methyl sites for hydroxylation is 1. The van der Waals surface area contributed by atoms with Crippen LogP contribution in [0.5, 0.6) is 0 Å². The van der Waals surface area contributed by atoms with E-state index in [-0.39, 0.29) is 5.91 Å². The summed E-state index contributed by atoms with van der Waals surface area (Å²) in [4.78, 5) is 18.3. The van der Waals surface area contributed by atoms with Gasteiger partial charge in [-0.25, -0.2) is 0 Å². The van der Waals surface area contributed by atoms with Gasteiger partial charge in [0, 0.05) is 24.1 Å². The minimum Gasteiger partial charge on any atom is -0.380 e. The molecule has 130 valence electrons. The highest BCUT2D eigenvalue weighted by molar-refractivity contribution is 7.16. The van der Waals surface area contributed by atoms with E-state index in [1.807, 2.05) is 24.4 Å². The van der Waals surface area contributed by atoms with Crippen LogP contribution in [-0.4, -0.2) is 23.7 Å². The Bertz CT molecular complexity index is 950. The van der Waals surface area contributed by atoms with Gasteiger partial charge < -0.3 is 9.30 Å². The molecule has 6 heteroatoms. The van der Waals surface area contributed by atoms with Crippen molar-refractivity contribution in [2.75, 3.05) is 13.2 Å². The van der Waals surface area contributed by atoms with E-state index in [4.69, 9.17) is 4.74 Å². The lowest BCUT2D eigenvalue weighted by Gasteiger charge is -2.05. The minimum atomic E-state index is -0.248. The summed E-state index contributed by atoms with van der Waals surface area (Å²) in [5, 5.41) is 1.98. The number of thiophene rings is 1. The summed E-state index contributed by atoms with van der Waals surface area (Å²) in [6.45, 7) is 6.00. The normalized spacial score (nSPS) is 12.5. The number of ether oxygens (including phenoxy) is 1. The molecule has 25 heavy (non-hydrogen) atoms. The van der Waals surface area contributed by atoms with E-state index in [9.17, 15) is 4.79 Å². The second-order valence-corrected chi connectivity index (χ2v) is 7.49. The van der Waals surface area contributed by atoms with Crippen molar-refractivity contribution in [3.63, 3.8) is 0 Å². The number of fused-ring (bicyclic) bond motifs is 1. The van der Waals surface area contributed by atoms with Crippen LogP contribution in [0.25, 0.3) is 16.3 Å². The number of nitrogens with zero attached hydrogens (tertiary/aromatic N) is 2. The van der Waals surface area contributed by atoms with Gasteiger partial charge in [-0.2, -0.15) is 4.99 Å². The molecule has 0 atom stereocenters. The van der Waals surface area contributed by atoms with Gasteiger partial charge in [-0.1, -0.05) is 23.5 Å². The molecule has 0 aliphatic carbocycles. The third kappa shape index (κ3) is 4.54. The molecule has 0 aliphatic rings. The molecule has 3 rings (SSSR count). The minimum absolute atomic E-state index is 0.248. The fraction of sp³-hybridized carbons (Fsp3) is 0.263. The summed E-state index contributed by atoms with van der Waals surface area (Å²) in [6.07, 6.45) is 3.33. The summed E-state index contributed by atoms with van der Waals surface area (Å²) in [5.74, 6) is -0.248. The maximum atomic E-state index is 12.2. The topological polar surface area (TPSA) is 43.6 Å². The summed E-state index contributed by atoms with van der Waals surface area (Å²) in [6, 6.07) is 10.2. The van der Waals surface area contributed by atoms with Crippen molar-refractivity contribution in [3.8, 4) is 0 Å². The lowest BCUT2D eigenvalue weighted by atomic mass is 10.2. The van der Waals surface area contributed by atoms with Gasteiger partial charge in [0.2, 0.25) is 0 Å². The van der Waals surface area contributed by atoms with Crippen molar-refractivity contribution in [1.29, 1.82) is 0 Å². The number of benzene rings is 1. The first-order chi connectivity index (χ1) is 12.2. The van der Waals surface area contributed by atoms with Gasteiger partial charge in [-0.15, -0.1) is 11.3 Å². The maximum Gasteiger partial charge on any atom is 0.272 e. The number of thiazole rings is 1. The first-order valence-corrected chi connectivity index (χ1v) is 9.85. The van der Waals surface area contributed by atoms with Crippen LogP contribution in [0.1, 0.15) is 17.4 Å². The average Bonchev–Trinajstić information content (AvgIpc) is 3.21. The molecule has 0 N–H and O–H groups in total. The quantitative estimate of drug-likeness (QED) is 0.480. The predicted molar refractivity (Wildman–Crippen MR) is 105 cm³/mol. The lowest BCUT2D eigenvalue weighted by molar-refractivity contribution is -0.113. The van der Waals surface area contributed by atoms with E-state index in [1.165, 1.54) is 23.0 Å². The Kier molecular flexibility index (Phi) is 5.96. The highest BCUT2D eigenvalue weighted by Crippen LogP contribution is 2.19. The highest BCUT2D eigenvalue weighted by atomic mass is 32.1. The molecular weight excluding hydrogens is 352 g/mol. The van der Waals surface area contributed by atoms with Crippen molar-refractivity contribution in [2.45, 2.75) is 20.4 Å². The van der Waals surface area contributed by atoms with Crippen LogP contribution in [0.15, 0.2) is 46.8 Å². The van der Waals surface area contributed by atoms with Gasteiger partial charge in [-0.05, 0) is 49.1 Å². The molecule has 0 aliphatic heterocycles. The molecule has 0 radical (unpaired) electrons. The van der Waals surface area contributed by atoms with E-state index in [1.54, 1.807) is 17.4 Å². The van der Waals surface area contributed by atoms with E-state index >= 15 is 0 Å². The molecule has 4 nitrogen and oxygen atoms in total. The fourth-order valence-electron chi connectivity index (χ4n) is 2.45. The van der Waals surface area contributed by atoms with Crippen molar-refractivity contribution in [1.82, 2.24) is 4.57 Å². The molecule has 0 bridgehead atoms. The van der Waals surface area contributed by atoms with Gasteiger partial charge in [0.05, 0.1) is 16.8 Å². The molecule has 0 unspecified atom stereocenters. The Morgan fingerprint density at radius 3 is 3.00 bits per heavy atom. The Labute approximate surface area is 154 Å². The maximum absolute atomic E-state index is 12.2. The Hall–Kier alpha value is -2.02. The largest absolute Gasteiger partial charge is 0.380 e. The molecule has 0 saturated carbocycles. The molecular formula is C19H20N2O2S2. The van der Waals surface area contributed by atoms with Gasteiger partial charge in [0.1, 0.15) is 0 Å². The third-order valence-electron chi connectivity index (χ3n) is 3.64. The Balaban J connectivity index is 1.95. The van der Waals surface area contributed by atoms with Crippen molar-refractivity contribution >= 4 is 44.9 Å². The van der Waals surface area contributed by atoms with Gasteiger partial charge in [-0.3, -0.25) is 4.79 Å². The van der Waals surface area contributed by atoms with Crippen molar-refractivity contribution in [3.05, 3.63) is 57.0 Å². The zero-order valence-electron chi connectivity index (χ0n) is 14.3. The van der Waals surface area contributed by atoms with E-state index < -0.39 is 0 Å². The van der Waals surface area contributed by atoms with E-state index in [2.05, 4.69) is 34.7 Å². The molecule has 0 saturated heterocycles. The number of amides is 1. The molecule has 0 spiro atoms. The summed E-state index contributed by atoms with van der Waals surface area (Å²) in [5.41, 5.74) is 2.28. The zero-order valence-corrected chi connectivity index (χ0v) is 15.9. The van der Waals surface area contributed by atoms with Crippen LogP contribution in [0.4, 0.5) is 0 Å². The predicted octanol–water partition coefficient (Wildman–Crippen LogP) is 4.25. The monoisotopic (exact) mass is 372 g/mol. The Morgan fingerprint density at radius 2 is 2.24 bits per heavy atom. The van der Waals surface area contributed by atoms with Crippen LogP contribution in [-0.2, 0) is 16.1 Å². The molecule has 0 fully saturated rings. The lowest BCUT2D eigenvalue weighted by Crippen LogP contribution is -2.19. The molecule has 1 amide bonds. The van der Waals surface area contributed by atoms with Crippen LogP contribution in [0.3, 0.4) is 0 Å². The third-order valence-corrected chi connectivity index (χ3v) is 5.52. The van der Waals surface area contributed by atoms with Crippen molar-refractivity contribution in [2.24, 2.45) is 4.99 Å². The zero-order chi connectivity index (χ0) is 17.6. The summed E-state index contributed by atoms with van der Waals surface area (Å²) < 4.78 is 8.67. The number of hydrogen-bond acceptors (Lipinski definition) is 4. The smallest absolute Gasteiger partial charge is 0.272 e. The standard InChI is InChI=1S/C19H20N2O2S2/c1-3-23-11-10-21-16-8-6-14(2)13-17(16)25-19(21)20-18(22)9-7-15-5-4-12-24-15/h4-9,12-13H,3,10-11H2,1-2H3. The number of carbonyl (C=O) groups is 1. The van der Waals surface area contributed by atoms with Crippen LogP contribution in [0.2, 0.25) is 0 Å². The molecule has 3 aromatic rings. The first-order valence-electron chi connectivity index (χ1n) is 8.15. The van der Waals surface area contributed by atoms with Crippen LogP contribution in [0, 0.1) is 6.92 Å². The van der Waals surface area contributed by atoms with Gasteiger partial charge >= 0.3 is 0 Å². The number of carbonyl (C=O) groups excluding carboxylic acids is 1. The first kappa shape index (κ1) is 17.8. The molecule has 2 aromatic heterocycles. The van der Waals surface area contributed by atoms with Crippen LogP contribution < -0.4 is 4.80 Å². The number of rotatable bonds is 6. The van der Waals surface area contributed by atoms with E-state index in [0.29, 0.717) is 24.6 Å². The highest BCUT2D eigenvalue weighted by Gasteiger charge is 2.07. The second kappa shape index (κ2) is 8.38. The van der Waals surface area contributed by atoms with Crippen LogP contribution >= 0.6 is 22.7 Å². The summed E-state index contributed by atoms with van der Waals surface area (Å²) >= 11 is 3.13. The van der Waals surface area contributed by atoms with E-state index in [0.717, 1.165) is 15.1 Å². The average molecular weight is 373 g/mol. The van der Waals surface area contributed by atoms with Gasteiger partial charge in [0.15, 0.2) is 4.80 Å². The number of hydrogen-bond donors (Lipinski definition) is 0. The molecule has 1 aromatic carbocycles.